The van der Waals surface area contributed by atoms with E-state index in [1.807, 2.05) is 54.6 Å². The normalized spacial score (nSPS) is 14.4. The maximum atomic E-state index is 12.7. The lowest BCUT2D eigenvalue weighted by Crippen LogP contribution is -2.36. The Kier molecular flexibility index (Phi) is 5.50. The molecule has 6 heteroatoms. The van der Waals surface area contributed by atoms with Crippen LogP contribution in [0.2, 0.25) is 0 Å². The van der Waals surface area contributed by atoms with Gasteiger partial charge in [0.15, 0.2) is 0 Å². The average molecular weight is 384 g/mol. The number of anilines is 2. The van der Waals surface area contributed by atoms with E-state index >= 15 is 0 Å². The first-order valence-corrected chi connectivity index (χ1v) is 9.44. The third-order valence-electron chi connectivity index (χ3n) is 4.84. The van der Waals surface area contributed by atoms with Gasteiger partial charge in [-0.15, -0.1) is 0 Å². The topological polar surface area (TPSA) is 78.2 Å². The zero-order valence-corrected chi connectivity index (χ0v) is 15.8. The van der Waals surface area contributed by atoms with Crippen LogP contribution in [0.25, 0.3) is 17.0 Å². The molecule has 1 N–H and O–H groups in total. The zero-order valence-electron chi connectivity index (χ0n) is 15.8. The van der Waals surface area contributed by atoms with Crippen LogP contribution >= 0.6 is 0 Å². The van der Waals surface area contributed by atoms with Gasteiger partial charge in [0.1, 0.15) is 11.6 Å². The second-order valence-corrected chi connectivity index (χ2v) is 6.69. The Morgan fingerprint density at radius 3 is 2.66 bits per heavy atom. The Bertz CT molecular complexity index is 1090. The molecule has 2 aromatic carbocycles. The lowest BCUT2D eigenvalue weighted by molar-refractivity contribution is -0.112. The Labute approximate surface area is 169 Å². The van der Waals surface area contributed by atoms with Crippen LogP contribution in [0.1, 0.15) is 5.56 Å². The van der Waals surface area contributed by atoms with E-state index < -0.39 is 5.91 Å². The van der Waals surface area contributed by atoms with Crippen LogP contribution in [-0.2, 0) is 9.53 Å². The van der Waals surface area contributed by atoms with Crippen LogP contribution < -0.4 is 10.2 Å². The third-order valence-corrected chi connectivity index (χ3v) is 4.84. The Balaban J connectivity index is 1.52. The number of carbonyl (C=O) groups is 1. The standard InChI is InChI=1S/C23H20N4O2/c24-16-18(15-17-6-8-19(9-7-17)27-11-13-29-14-12-27)23(28)26-22-5-1-4-21-20(22)3-2-10-25-21/h1-10,15H,11-14H2,(H,26,28)/b18-15+. The molecule has 1 aromatic heterocycles. The number of nitrogens with one attached hydrogen (secondary N) is 1. The van der Waals surface area contributed by atoms with Crippen LogP contribution in [-0.4, -0.2) is 37.2 Å². The molecular weight excluding hydrogens is 364 g/mol. The molecule has 1 saturated heterocycles. The summed E-state index contributed by atoms with van der Waals surface area (Å²) in [5, 5.41) is 13.2. The minimum absolute atomic E-state index is 0.0463. The van der Waals surface area contributed by atoms with Crippen molar-refractivity contribution in [2.45, 2.75) is 0 Å². The van der Waals surface area contributed by atoms with Crippen LogP contribution in [0.3, 0.4) is 0 Å². The number of fused-ring (bicyclic) bond motifs is 1. The van der Waals surface area contributed by atoms with Gasteiger partial charge in [-0.3, -0.25) is 9.78 Å². The second-order valence-electron chi connectivity index (χ2n) is 6.69. The molecule has 2 heterocycles. The van der Waals surface area contributed by atoms with Gasteiger partial charge in [0.2, 0.25) is 0 Å². The number of nitriles is 1. The first-order valence-electron chi connectivity index (χ1n) is 9.44. The molecule has 0 spiro atoms. The number of nitrogens with zero attached hydrogens (tertiary/aromatic N) is 3. The summed E-state index contributed by atoms with van der Waals surface area (Å²) in [6.07, 6.45) is 3.30. The maximum absolute atomic E-state index is 12.7. The van der Waals surface area contributed by atoms with E-state index in [1.165, 1.54) is 0 Å². The predicted octanol–water partition coefficient (Wildman–Crippen LogP) is 3.62. The van der Waals surface area contributed by atoms with Crippen molar-refractivity contribution in [3.8, 4) is 6.07 Å². The molecule has 1 aliphatic heterocycles. The minimum atomic E-state index is -0.443. The van der Waals surface area contributed by atoms with Crippen molar-refractivity contribution in [1.82, 2.24) is 4.98 Å². The first-order chi connectivity index (χ1) is 14.2. The molecule has 0 aliphatic carbocycles. The van der Waals surface area contributed by atoms with Gasteiger partial charge < -0.3 is 15.0 Å². The van der Waals surface area contributed by atoms with E-state index in [2.05, 4.69) is 15.2 Å². The number of hydrogen-bond donors (Lipinski definition) is 1. The number of pyridine rings is 1. The van der Waals surface area contributed by atoms with Crippen molar-refractivity contribution < 1.29 is 9.53 Å². The van der Waals surface area contributed by atoms with Crippen LogP contribution in [0.5, 0.6) is 0 Å². The highest BCUT2D eigenvalue weighted by molar-refractivity contribution is 6.12. The van der Waals surface area contributed by atoms with E-state index in [-0.39, 0.29) is 5.57 Å². The van der Waals surface area contributed by atoms with E-state index in [9.17, 15) is 10.1 Å². The molecule has 0 radical (unpaired) electrons. The highest BCUT2D eigenvalue weighted by Crippen LogP contribution is 2.22. The summed E-state index contributed by atoms with van der Waals surface area (Å²) in [6.45, 7) is 3.18. The largest absolute Gasteiger partial charge is 0.378 e. The molecule has 1 aliphatic rings. The number of amides is 1. The number of hydrogen-bond acceptors (Lipinski definition) is 5. The highest BCUT2D eigenvalue weighted by atomic mass is 16.5. The van der Waals surface area contributed by atoms with E-state index in [0.29, 0.717) is 5.69 Å². The van der Waals surface area contributed by atoms with E-state index in [0.717, 1.165) is 48.5 Å². The summed E-state index contributed by atoms with van der Waals surface area (Å²) in [5.74, 6) is -0.443. The lowest BCUT2D eigenvalue weighted by atomic mass is 10.1. The number of benzene rings is 2. The average Bonchev–Trinajstić information content (AvgIpc) is 2.78. The smallest absolute Gasteiger partial charge is 0.266 e. The minimum Gasteiger partial charge on any atom is -0.378 e. The van der Waals surface area contributed by atoms with Gasteiger partial charge >= 0.3 is 0 Å². The van der Waals surface area contributed by atoms with Crippen molar-refractivity contribution in [3.63, 3.8) is 0 Å². The van der Waals surface area contributed by atoms with Crippen molar-refractivity contribution in [1.29, 1.82) is 5.26 Å². The first kappa shape index (κ1) is 18.7. The van der Waals surface area contributed by atoms with Gasteiger partial charge in [-0.05, 0) is 48.0 Å². The van der Waals surface area contributed by atoms with Crippen LogP contribution in [0.4, 0.5) is 11.4 Å². The number of morpholine rings is 1. The second kappa shape index (κ2) is 8.55. The van der Waals surface area contributed by atoms with Crippen molar-refractivity contribution >= 4 is 34.3 Å². The zero-order chi connectivity index (χ0) is 20.1. The lowest BCUT2D eigenvalue weighted by Gasteiger charge is -2.28. The summed E-state index contributed by atoms with van der Waals surface area (Å²) in [4.78, 5) is 19.2. The van der Waals surface area contributed by atoms with Gasteiger partial charge in [-0.2, -0.15) is 5.26 Å². The van der Waals surface area contributed by atoms with Gasteiger partial charge in [-0.25, -0.2) is 0 Å². The van der Waals surface area contributed by atoms with Crippen LogP contribution in [0, 0.1) is 11.3 Å². The Morgan fingerprint density at radius 2 is 1.90 bits per heavy atom. The molecule has 1 amide bonds. The number of rotatable bonds is 4. The number of ether oxygens (including phenoxy) is 1. The molecule has 3 aromatic rings. The molecule has 0 saturated carbocycles. The molecule has 0 atom stereocenters. The third kappa shape index (κ3) is 4.26. The quantitative estimate of drug-likeness (QED) is 0.549. The predicted molar refractivity (Wildman–Crippen MR) is 113 cm³/mol. The summed E-state index contributed by atoms with van der Waals surface area (Å²) in [7, 11) is 0. The monoisotopic (exact) mass is 384 g/mol. The van der Waals surface area contributed by atoms with E-state index in [4.69, 9.17) is 4.74 Å². The molecule has 144 valence electrons. The molecule has 0 bridgehead atoms. The number of aromatic nitrogens is 1. The Hall–Kier alpha value is -3.69. The molecule has 6 nitrogen and oxygen atoms in total. The van der Waals surface area contributed by atoms with Crippen LogP contribution in [0.15, 0.2) is 66.4 Å². The van der Waals surface area contributed by atoms with Gasteiger partial charge in [-0.1, -0.05) is 18.2 Å². The Morgan fingerprint density at radius 1 is 1.10 bits per heavy atom. The summed E-state index contributed by atoms with van der Waals surface area (Å²) in [5.41, 5.74) is 3.37. The molecule has 29 heavy (non-hydrogen) atoms. The van der Waals surface area contributed by atoms with Gasteiger partial charge in [0.05, 0.1) is 24.4 Å². The fourth-order valence-electron chi connectivity index (χ4n) is 3.32. The molecule has 1 fully saturated rings. The summed E-state index contributed by atoms with van der Waals surface area (Å²) >= 11 is 0. The molecule has 4 rings (SSSR count). The molecule has 0 unspecified atom stereocenters. The fraction of sp³-hybridized carbons (Fsp3) is 0.174. The van der Waals surface area contributed by atoms with Crippen molar-refractivity contribution in [2.75, 3.05) is 36.5 Å². The van der Waals surface area contributed by atoms with Crippen molar-refractivity contribution in [2.24, 2.45) is 0 Å². The van der Waals surface area contributed by atoms with E-state index in [1.54, 1.807) is 18.3 Å². The summed E-state index contributed by atoms with van der Waals surface area (Å²) in [6, 6.07) is 19.0. The fourth-order valence-corrected chi connectivity index (χ4v) is 3.32. The highest BCUT2D eigenvalue weighted by Gasteiger charge is 2.13. The SMILES string of the molecule is N#C/C(=C\c1ccc(N2CCOCC2)cc1)C(=O)Nc1cccc2ncccc12. The molecular formula is C23H20N4O2. The summed E-state index contributed by atoms with van der Waals surface area (Å²) < 4.78 is 5.38. The van der Waals surface area contributed by atoms with Gasteiger partial charge in [0.25, 0.3) is 5.91 Å². The van der Waals surface area contributed by atoms with Crippen molar-refractivity contribution in [3.05, 3.63) is 71.9 Å². The maximum Gasteiger partial charge on any atom is 0.266 e. The van der Waals surface area contributed by atoms with Gasteiger partial charge in [0, 0.05) is 30.4 Å². The number of carbonyl (C=O) groups excluding carboxylic acids is 1.